The van der Waals surface area contributed by atoms with Crippen LogP contribution in [0.1, 0.15) is 20.3 Å². The molecule has 1 rings (SSSR count). The molecule has 0 aromatic carbocycles. The van der Waals surface area contributed by atoms with E-state index >= 15 is 0 Å². The molecule has 0 aromatic heterocycles. The lowest BCUT2D eigenvalue weighted by Crippen LogP contribution is -2.48. The average Bonchev–Trinajstić information content (AvgIpc) is 2.09. The molecular formula is C9H17NO3. The zero-order valence-corrected chi connectivity index (χ0v) is 8.12. The fourth-order valence-electron chi connectivity index (χ4n) is 1.59. The number of ether oxygens (including phenoxy) is 1. The van der Waals surface area contributed by atoms with Crippen LogP contribution in [0.15, 0.2) is 0 Å². The van der Waals surface area contributed by atoms with Gasteiger partial charge < -0.3 is 15.2 Å². The first-order chi connectivity index (χ1) is 6.15. The topological polar surface area (TPSA) is 58.6 Å². The molecule has 0 saturated carbocycles. The second-order valence-electron chi connectivity index (χ2n) is 3.47. The van der Waals surface area contributed by atoms with Gasteiger partial charge >= 0.3 is 5.97 Å². The van der Waals surface area contributed by atoms with Gasteiger partial charge in [-0.05, 0) is 20.3 Å². The predicted molar refractivity (Wildman–Crippen MR) is 48.2 cm³/mol. The number of carbonyl (C=O) groups excluding carboxylic acids is 1. The summed E-state index contributed by atoms with van der Waals surface area (Å²) in [6.07, 6.45) is 0.0512. The van der Waals surface area contributed by atoms with Crippen molar-refractivity contribution in [3.63, 3.8) is 0 Å². The zero-order chi connectivity index (χ0) is 9.84. The van der Waals surface area contributed by atoms with Gasteiger partial charge in [0, 0.05) is 12.6 Å². The van der Waals surface area contributed by atoms with Crippen LogP contribution in [0, 0.1) is 5.92 Å². The SMILES string of the molecule is CCOC(=O)[C@H]1C[C@H](C)NC[C@H]1O. The normalized spacial score (nSPS) is 34.2. The van der Waals surface area contributed by atoms with E-state index in [1.165, 1.54) is 0 Å². The van der Waals surface area contributed by atoms with E-state index in [-0.39, 0.29) is 17.9 Å². The molecule has 1 saturated heterocycles. The molecule has 0 aromatic rings. The first kappa shape index (κ1) is 10.5. The van der Waals surface area contributed by atoms with Crippen molar-refractivity contribution in [3.8, 4) is 0 Å². The van der Waals surface area contributed by atoms with Gasteiger partial charge in [0.15, 0.2) is 0 Å². The van der Waals surface area contributed by atoms with Gasteiger partial charge in [0.05, 0.1) is 18.6 Å². The first-order valence-electron chi connectivity index (χ1n) is 4.73. The molecule has 0 amide bonds. The molecule has 1 aliphatic rings. The van der Waals surface area contributed by atoms with Gasteiger partial charge in [0.2, 0.25) is 0 Å². The van der Waals surface area contributed by atoms with E-state index in [0.717, 1.165) is 0 Å². The molecule has 0 unspecified atom stereocenters. The highest BCUT2D eigenvalue weighted by molar-refractivity contribution is 5.73. The van der Waals surface area contributed by atoms with Crippen LogP contribution in [-0.2, 0) is 9.53 Å². The number of hydrogen-bond donors (Lipinski definition) is 2. The fourth-order valence-corrected chi connectivity index (χ4v) is 1.59. The number of β-amino-alcohol motifs (C(OH)–C–C–N with tert-alkyl or cyclic N) is 1. The molecule has 76 valence electrons. The van der Waals surface area contributed by atoms with Crippen molar-refractivity contribution < 1.29 is 14.6 Å². The monoisotopic (exact) mass is 187 g/mol. The Kier molecular flexibility index (Phi) is 3.69. The second-order valence-corrected chi connectivity index (χ2v) is 3.47. The number of aliphatic hydroxyl groups excluding tert-OH is 1. The molecule has 0 bridgehead atoms. The van der Waals surface area contributed by atoms with E-state index in [4.69, 9.17) is 4.74 Å². The molecule has 4 heteroatoms. The summed E-state index contributed by atoms with van der Waals surface area (Å²) in [4.78, 5) is 11.3. The minimum absolute atomic E-state index is 0.275. The van der Waals surface area contributed by atoms with Gasteiger partial charge in [-0.25, -0.2) is 0 Å². The molecule has 0 spiro atoms. The summed E-state index contributed by atoms with van der Waals surface area (Å²) in [6.45, 7) is 4.63. The summed E-state index contributed by atoms with van der Waals surface area (Å²) in [6, 6.07) is 0.276. The summed E-state index contributed by atoms with van der Waals surface area (Å²) in [7, 11) is 0. The summed E-state index contributed by atoms with van der Waals surface area (Å²) < 4.78 is 4.87. The third-order valence-electron chi connectivity index (χ3n) is 2.34. The molecule has 1 fully saturated rings. The largest absolute Gasteiger partial charge is 0.466 e. The van der Waals surface area contributed by atoms with Crippen LogP contribution < -0.4 is 5.32 Å². The fraction of sp³-hybridized carbons (Fsp3) is 0.889. The highest BCUT2D eigenvalue weighted by Crippen LogP contribution is 2.18. The van der Waals surface area contributed by atoms with Gasteiger partial charge in [-0.1, -0.05) is 0 Å². The van der Waals surface area contributed by atoms with E-state index in [1.54, 1.807) is 6.92 Å². The molecule has 2 N–H and O–H groups in total. The van der Waals surface area contributed by atoms with Crippen LogP contribution >= 0.6 is 0 Å². The Morgan fingerprint density at radius 3 is 3.00 bits per heavy atom. The smallest absolute Gasteiger partial charge is 0.311 e. The Hall–Kier alpha value is -0.610. The molecule has 0 radical (unpaired) electrons. The second kappa shape index (κ2) is 4.58. The van der Waals surface area contributed by atoms with Crippen LogP contribution in [0.3, 0.4) is 0 Å². The summed E-state index contributed by atoms with van der Waals surface area (Å²) in [5, 5.41) is 12.6. The quantitative estimate of drug-likeness (QED) is 0.593. The van der Waals surface area contributed by atoms with Gasteiger partial charge in [-0.2, -0.15) is 0 Å². The lowest BCUT2D eigenvalue weighted by molar-refractivity contribution is -0.153. The molecule has 4 nitrogen and oxygen atoms in total. The Labute approximate surface area is 78.3 Å². The van der Waals surface area contributed by atoms with Crippen LogP contribution in [0.5, 0.6) is 0 Å². The maximum absolute atomic E-state index is 11.3. The molecule has 1 aliphatic heterocycles. The van der Waals surface area contributed by atoms with Crippen molar-refractivity contribution in [3.05, 3.63) is 0 Å². The standard InChI is InChI=1S/C9H17NO3/c1-3-13-9(12)7-4-6(2)10-5-8(7)11/h6-8,10-11H,3-5H2,1-2H3/t6-,7-,8+/m0/s1. The minimum Gasteiger partial charge on any atom is -0.466 e. The van der Waals surface area contributed by atoms with Crippen molar-refractivity contribution in [1.82, 2.24) is 5.32 Å². The van der Waals surface area contributed by atoms with Crippen molar-refractivity contribution in [2.24, 2.45) is 5.92 Å². The third-order valence-corrected chi connectivity index (χ3v) is 2.34. The van der Waals surface area contributed by atoms with Crippen molar-refractivity contribution in [2.45, 2.75) is 32.4 Å². The zero-order valence-electron chi connectivity index (χ0n) is 8.12. The lowest BCUT2D eigenvalue weighted by atomic mass is 9.91. The summed E-state index contributed by atoms with van der Waals surface area (Å²) >= 11 is 0. The van der Waals surface area contributed by atoms with Crippen LogP contribution in [0.25, 0.3) is 0 Å². The number of rotatable bonds is 2. The number of carbonyl (C=O) groups is 1. The summed E-state index contributed by atoms with van der Waals surface area (Å²) in [5.41, 5.74) is 0. The van der Waals surface area contributed by atoms with Gasteiger partial charge in [-0.15, -0.1) is 0 Å². The van der Waals surface area contributed by atoms with Crippen LogP contribution in [-0.4, -0.2) is 36.4 Å². The number of esters is 1. The van der Waals surface area contributed by atoms with Crippen molar-refractivity contribution >= 4 is 5.97 Å². The Morgan fingerprint density at radius 1 is 1.69 bits per heavy atom. The van der Waals surface area contributed by atoms with E-state index in [2.05, 4.69) is 5.32 Å². The molecule has 1 heterocycles. The Balaban J connectivity index is 2.50. The minimum atomic E-state index is -0.602. The predicted octanol–water partition coefficient (Wildman–Crippen LogP) is -0.0916. The summed E-state index contributed by atoms with van der Waals surface area (Å²) in [5.74, 6) is -0.625. The van der Waals surface area contributed by atoms with Gasteiger partial charge in [0.25, 0.3) is 0 Å². The van der Waals surface area contributed by atoms with Gasteiger partial charge in [0.1, 0.15) is 0 Å². The van der Waals surface area contributed by atoms with Crippen molar-refractivity contribution in [2.75, 3.05) is 13.2 Å². The molecule has 0 aliphatic carbocycles. The number of nitrogens with one attached hydrogen (secondary N) is 1. The van der Waals surface area contributed by atoms with Gasteiger partial charge in [-0.3, -0.25) is 4.79 Å². The average molecular weight is 187 g/mol. The Bertz CT molecular complexity index is 184. The maximum Gasteiger partial charge on any atom is 0.311 e. The molecular weight excluding hydrogens is 170 g/mol. The number of hydrogen-bond acceptors (Lipinski definition) is 4. The lowest BCUT2D eigenvalue weighted by Gasteiger charge is -2.30. The first-order valence-corrected chi connectivity index (χ1v) is 4.73. The van der Waals surface area contributed by atoms with Crippen molar-refractivity contribution in [1.29, 1.82) is 0 Å². The Morgan fingerprint density at radius 2 is 2.38 bits per heavy atom. The maximum atomic E-state index is 11.3. The molecule has 3 atom stereocenters. The highest BCUT2D eigenvalue weighted by atomic mass is 16.5. The number of piperidine rings is 1. The highest BCUT2D eigenvalue weighted by Gasteiger charge is 2.33. The van der Waals surface area contributed by atoms with E-state index in [9.17, 15) is 9.90 Å². The molecule has 13 heavy (non-hydrogen) atoms. The number of aliphatic hydroxyl groups is 1. The van der Waals surface area contributed by atoms with E-state index < -0.39 is 6.10 Å². The van der Waals surface area contributed by atoms with Crippen LogP contribution in [0.2, 0.25) is 0 Å². The third kappa shape index (κ3) is 2.67. The van der Waals surface area contributed by atoms with E-state index in [0.29, 0.717) is 19.6 Å². The van der Waals surface area contributed by atoms with Crippen LogP contribution in [0.4, 0.5) is 0 Å². The van der Waals surface area contributed by atoms with E-state index in [1.807, 2.05) is 6.92 Å².